The molecular formula is C13H18ClN. The summed E-state index contributed by atoms with van der Waals surface area (Å²) in [5, 5.41) is 0. The Morgan fingerprint density at radius 1 is 1.33 bits per heavy atom. The molecule has 1 nitrogen and oxygen atoms in total. The number of quaternary nitrogens is 1. The van der Waals surface area contributed by atoms with Crippen LogP contribution in [0.15, 0.2) is 30.3 Å². The lowest BCUT2D eigenvalue weighted by molar-refractivity contribution is -0.896. The van der Waals surface area contributed by atoms with E-state index in [2.05, 4.69) is 44.2 Å². The fourth-order valence-electron chi connectivity index (χ4n) is 1.48. The second kappa shape index (κ2) is 7.34. The van der Waals surface area contributed by atoms with E-state index in [1.165, 1.54) is 10.5 Å². The summed E-state index contributed by atoms with van der Waals surface area (Å²) in [6.45, 7) is 3.04. The van der Waals surface area contributed by atoms with Gasteiger partial charge in [-0.3, -0.25) is 0 Å². The Hall–Kier alpha value is -0.970. The molecule has 0 aliphatic carbocycles. The molecule has 82 valence electrons. The van der Waals surface area contributed by atoms with Crippen LogP contribution in [0.1, 0.15) is 12.5 Å². The quantitative estimate of drug-likeness (QED) is 0.552. The third kappa shape index (κ3) is 4.88. The van der Waals surface area contributed by atoms with Gasteiger partial charge in [-0.1, -0.05) is 30.3 Å². The van der Waals surface area contributed by atoms with Crippen LogP contribution in [0.4, 0.5) is 0 Å². The number of nitrogens with one attached hydrogen (secondary N) is 1. The van der Waals surface area contributed by atoms with Crippen LogP contribution in [0.5, 0.6) is 0 Å². The van der Waals surface area contributed by atoms with Gasteiger partial charge >= 0.3 is 0 Å². The van der Waals surface area contributed by atoms with Gasteiger partial charge in [-0.15, -0.1) is 6.42 Å². The van der Waals surface area contributed by atoms with E-state index in [-0.39, 0.29) is 12.4 Å². The summed E-state index contributed by atoms with van der Waals surface area (Å²) >= 11 is 0. The van der Waals surface area contributed by atoms with Crippen LogP contribution >= 0.6 is 0 Å². The summed E-state index contributed by atoms with van der Waals surface area (Å²) in [5.41, 5.74) is 1.39. The average Bonchev–Trinajstić information content (AvgIpc) is 2.19. The number of benzene rings is 1. The van der Waals surface area contributed by atoms with Gasteiger partial charge in [0.15, 0.2) is 0 Å². The minimum Gasteiger partial charge on any atom is -1.00 e. The topological polar surface area (TPSA) is 4.44 Å². The molecule has 1 N–H and O–H groups in total. The van der Waals surface area contributed by atoms with E-state index in [4.69, 9.17) is 6.42 Å². The van der Waals surface area contributed by atoms with Crippen LogP contribution in [0.2, 0.25) is 0 Å². The minimum absolute atomic E-state index is 0. The van der Waals surface area contributed by atoms with Gasteiger partial charge < -0.3 is 17.3 Å². The monoisotopic (exact) mass is 223 g/mol. The summed E-state index contributed by atoms with van der Waals surface area (Å²) in [7, 11) is 2.15. The second-order valence-corrected chi connectivity index (χ2v) is 3.82. The van der Waals surface area contributed by atoms with Gasteiger partial charge in [0, 0.05) is 6.42 Å². The van der Waals surface area contributed by atoms with Gasteiger partial charge in [0.25, 0.3) is 0 Å². The fourth-order valence-corrected chi connectivity index (χ4v) is 1.48. The maximum atomic E-state index is 5.29. The summed E-state index contributed by atoms with van der Waals surface area (Å²) in [6, 6.07) is 11.1. The van der Waals surface area contributed by atoms with Crippen molar-refractivity contribution in [1.29, 1.82) is 0 Å². The molecule has 1 aromatic rings. The highest BCUT2D eigenvalue weighted by Crippen LogP contribution is 2.00. The van der Waals surface area contributed by atoms with Crippen LogP contribution in [0.25, 0.3) is 0 Å². The molecule has 1 rings (SSSR count). The molecule has 15 heavy (non-hydrogen) atoms. The molecule has 0 fully saturated rings. The summed E-state index contributed by atoms with van der Waals surface area (Å²) < 4.78 is 0. The van der Waals surface area contributed by atoms with Crippen molar-refractivity contribution < 1.29 is 17.3 Å². The first-order chi connectivity index (χ1) is 6.74. The first kappa shape index (κ1) is 14.0. The molecule has 0 bridgehead atoms. The predicted molar refractivity (Wildman–Crippen MR) is 60.2 cm³/mol. The molecule has 0 heterocycles. The van der Waals surface area contributed by atoms with Crippen LogP contribution in [0.3, 0.4) is 0 Å². The molecule has 0 saturated carbocycles. The van der Waals surface area contributed by atoms with E-state index in [1.54, 1.807) is 0 Å². The molecule has 0 aromatic heterocycles. The Bertz CT molecular complexity index is 302. The number of hydrogen-bond acceptors (Lipinski definition) is 0. The second-order valence-electron chi connectivity index (χ2n) is 3.82. The SMILES string of the molecule is C#CC[NH+](C)[C@H](C)Cc1ccccc1.[Cl-]. The molecule has 0 radical (unpaired) electrons. The zero-order valence-corrected chi connectivity index (χ0v) is 10.1. The van der Waals surface area contributed by atoms with Crippen molar-refractivity contribution in [2.45, 2.75) is 19.4 Å². The number of terminal acetylenes is 1. The van der Waals surface area contributed by atoms with E-state index in [0.29, 0.717) is 6.04 Å². The standard InChI is InChI=1S/C13H17N.ClH/c1-4-10-14(3)12(2)11-13-8-6-5-7-9-13;/h1,5-9,12H,10-11H2,2-3H3;1H/t12-;/m1./s1. The Kier molecular flexibility index (Phi) is 6.86. The number of hydrogen-bond donors (Lipinski definition) is 1. The van der Waals surface area contributed by atoms with Crippen LogP contribution in [-0.2, 0) is 6.42 Å². The van der Waals surface area contributed by atoms with Crippen molar-refractivity contribution in [2.24, 2.45) is 0 Å². The largest absolute Gasteiger partial charge is 1.00 e. The van der Waals surface area contributed by atoms with E-state index >= 15 is 0 Å². The lowest BCUT2D eigenvalue weighted by atomic mass is 10.1. The van der Waals surface area contributed by atoms with E-state index in [9.17, 15) is 0 Å². The van der Waals surface area contributed by atoms with Crippen molar-refractivity contribution in [3.63, 3.8) is 0 Å². The molecule has 2 heteroatoms. The first-order valence-corrected chi connectivity index (χ1v) is 5.03. The Labute approximate surface area is 98.9 Å². The molecule has 0 spiro atoms. The number of likely N-dealkylation sites (N-methyl/N-ethyl adjacent to an activating group) is 1. The zero-order chi connectivity index (χ0) is 10.4. The van der Waals surface area contributed by atoms with Crippen LogP contribution < -0.4 is 17.3 Å². The third-order valence-corrected chi connectivity index (χ3v) is 2.61. The summed E-state index contributed by atoms with van der Waals surface area (Å²) in [6.07, 6.45) is 6.38. The van der Waals surface area contributed by atoms with Gasteiger partial charge in [-0.05, 0) is 18.4 Å². The van der Waals surface area contributed by atoms with Crippen LogP contribution in [-0.4, -0.2) is 19.6 Å². The van der Waals surface area contributed by atoms with Gasteiger partial charge in [0.05, 0.1) is 13.1 Å². The molecule has 2 atom stereocenters. The highest BCUT2D eigenvalue weighted by atomic mass is 35.5. The number of halogens is 1. The number of rotatable bonds is 4. The van der Waals surface area contributed by atoms with Crippen molar-refractivity contribution in [3.8, 4) is 12.3 Å². The van der Waals surface area contributed by atoms with Crippen molar-refractivity contribution >= 4 is 0 Å². The van der Waals surface area contributed by atoms with E-state index < -0.39 is 0 Å². The lowest BCUT2D eigenvalue weighted by Crippen LogP contribution is -3.12. The van der Waals surface area contributed by atoms with Gasteiger partial charge in [-0.25, -0.2) is 0 Å². The molecule has 0 aliphatic rings. The molecule has 0 aliphatic heterocycles. The molecule has 0 saturated heterocycles. The molecule has 0 amide bonds. The molecular weight excluding hydrogens is 206 g/mol. The van der Waals surface area contributed by atoms with Crippen molar-refractivity contribution in [1.82, 2.24) is 0 Å². The zero-order valence-electron chi connectivity index (χ0n) is 9.33. The molecule has 1 aromatic carbocycles. The summed E-state index contributed by atoms with van der Waals surface area (Å²) in [4.78, 5) is 1.40. The smallest absolute Gasteiger partial charge is 0.139 e. The first-order valence-electron chi connectivity index (χ1n) is 5.03. The maximum Gasteiger partial charge on any atom is 0.139 e. The van der Waals surface area contributed by atoms with Crippen LogP contribution in [0, 0.1) is 12.3 Å². The van der Waals surface area contributed by atoms with Gasteiger partial charge in [0.1, 0.15) is 6.54 Å². The normalized spacial score (nSPS) is 13.4. The highest BCUT2D eigenvalue weighted by molar-refractivity contribution is 5.15. The lowest BCUT2D eigenvalue weighted by Gasteiger charge is -2.19. The minimum atomic E-state index is 0. The Morgan fingerprint density at radius 3 is 2.47 bits per heavy atom. The Morgan fingerprint density at radius 2 is 1.93 bits per heavy atom. The molecule has 1 unspecified atom stereocenters. The van der Waals surface area contributed by atoms with E-state index in [0.717, 1.165) is 13.0 Å². The maximum absolute atomic E-state index is 5.29. The van der Waals surface area contributed by atoms with Crippen molar-refractivity contribution in [2.75, 3.05) is 13.6 Å². The average molecular weight is 224 g/mol. The van der Waals surface area contributed by atoms with E-state index in [1.807, 2.05) is 6.07 Å². The van der Waals surface area contributed by atoms with Gasteiger partial charge in [-0.2, -0.15) is 0 Å². The summed E-state index contributed by atoms with van der Waals surface area (Å²) in [5.74, 6) is 2.70. The predicted octanol–water partition coefficient (Wildman–Crippen LogP) is -2.23. The highest BCUT2D eigenvalue weighted by Gasteiger charge is 2.11. The fraction of sp³-hybridized carbons (Fsp3) is 0.385. The van der Waals surface area contributed by atoms with Crippen molar-refractivity contribution in [3.05, 3.63) is 35.9 Å². The van der Waals surface area contributed by atoms with Gasteiger partial charge in [0.2, 0.25) is 0 Å². The third-order valence-electron chi connectivity index (χ3n) is 2.61. The Balaban J connectivity index is 0.00000196.